The molecule has 0 saturated carbocycles. The Morgan fingerprint density at radius 2 is 0.895 bits per heavy atom. The summed E-state index contributed by atoms with van der Waals surface area (Å²) in [6.45, 7) is 24.5. The lowest BCUT2D eigenvalue weighted by Crippen LogP contribution is -2.66. The maximum absolute atomic E-state index is 14.0. The van der Waals surface area contributed by atoms with Crippen molar-refractivity contribution in [1.29, 1.82) is 0 Å². The molecule has 38 heavy (non-hydrogen) atoms. The quantitative estimate of drug-likeness (QED) is 0.508. The van der Waals surface area contributed by atoms with Gasteiger partial charge in [0.05, 0.1) is 19.2 Å². The number of aliphatic hydroxyl groups is 1. The van der Waals surface area contributed by atoms with Crippen LogP contribution in [0.25, 0.3) is 0 Å². The molecule has 218 valence electrons. The Balaban J connectivity index is 1.53. The molecule has 0 aromatic carbocycles. The van der Waals surface area contributed by atoms with E-state index >= 15 is 0 Å². The molecule has 0 aliphatic carbocycles. The topological polar surface area (TPSA) is 103 Å². The maximum atomic E-state index is 14.0. The van der Waals surface area contributed by atoms with Crippen molar-refractivity contribution in [3.8, 4) is 0 Å². The van der Waals surface area contributed by atoms with Gasteiger partial charge in [0.2, 0.25) is 0 Å². The zero-order chi connectivity index (χ0) is 29.0. The average Bonchev–Trinajstić information content (AvgIpc) is 2.89. The minimum atomic E-state index is -0.955. The Labute approximate surface area is 229 Å². The molecule has 2 spiro atoms. The summed E-state index contributed by atoms with van der Waals surface area (Å²) in [4.78, 5) is 31.3. The first kappa shape index (κ1) is 29.7. The summed E-state index contributed by atoms with van der Waals surface area (Å²) in [5.74, 6) is -0.184. The van der Waals surface area contributed by atoms with E-state index in [2.05, 4.69) is 66.0 Å². The van der Waals surface area contributed by atoms with Crippen molar-refractivity contribution in [2.45, 2.75) is 160 Å². The number of piperidine rings is 2. The van der Waals surface area contributed by atoms with Gasteiger partial charge in [-0.2, -0.15) is 0 Å². The Kier molecular flexibility index (Phi) is 6.55. The molecule has 0 atom stereocenters. The van der Waals surface area contributed by atoms with Crippen LogP contribution in [0.3, 0.4) is 0 Å². The van der Waals surface area contributed by atoms with Crippen molar-refractivity contribution in [2.75, 3.05) is 13.1 Å². The zero-order valence-electron chi connectivity index (χ0n) is 25.8. The minimum absolute atomic E-state index is 0.0767. The highest BCUT2D eigenvalue weighted by Crippen LogP contribution is 2.49. The lowest BCUT2D eigenvalue weighted by Gasteiger charge is -2.50. The first-order valence-electron chi connectivity index (χ1n) is 14.2. The summed E-state index contributed by atoms with van der Waals surface area (Å²) >= 11 is 0. The maximum Gasteiger partial charge on any atom is 0.257 e. The smallest absolute Gasteiger partial charge is 0.257 e. The molecule has 3 N–H and O–H groups in total. The number of carbonyl (C=O) groups excluding carboxylic acids is 2. The largest absolute Gasteiger partial charge is 0.389 e. The highest BCUT2D eigenvalue weighted by molar-refractivity contribution is 5.89. The van der Waals surface area contributed by atoms with Crippen LogP contribution in [0.5, 0.6) is 0 Å². The van der Waals surface area contributed by atoms with Crippen LogP contribution < -0.4 is 10.6 Å². The fourth-order valence-corrected chi connectivity index (χ4v) is 8.66. The van der Waals surface area contributed by atoms with Crippen LogP contribution in [0.15, 0.2) is 0 Å². The molecule has 4 rings (SSSR count). The Hall–Kier alpha value is -1.26. The van der Waals surface area contributed by atoms with Crippen LogP contribution in [0, 0.1) is 0 Å². The predicted octanol–water partition coefficient (Wildman–Crippen LogP) is 2.90. The van der Waals surface area contributed by atoms with Crippen LogP contribution >= 0.6 is 0 Å². The van der Waals surface area contributed by atoms with Gasteiger partial charge < -0.3 is 35.0 Å². The molecule has 0 aromatic heterocycles. The lowest BCUT2D eigenvalue weighted by molar-refractivity contribution is -0.159. The third-order valence-corrected chi connectivity index (χ3v) is 8.51. The average molecular weight is 537 g/mol. The normalized spacial score (nSPS) is 31.5. The number of nitrogens with zero attached hydrogens (tertiary/aromatic N) is 2. The zero-order valence-corrected chi connectivity index (χ0v) is 25.8. The van der Waals surface area contributed by atoms with Gasteiger partial charge in [0.1, 0.15) is 11.4 Å². The summed E-state index contributed by atoms with van der Waals surface area (Å²) in [5, 5.41) is 18.6. The molecule has 9 nitrogen and oxygen atoms in total. The molecule has 0 unspecified atom stereocenters. The number of carbonyl (C=O) groups is 2. The molecule has 4 aliphatic rings. The van der Waals surface area contributed by atoms with Crippen molar-refractivity contribution in [3.63, 3.8) is 0 Å². The fraction of sp³-hybridized carbons (Fsp3) is 0.931. The Bertz CT molecular complexity index is 889. The van der Waals surface area contributed by atoms with Crippen molar-refractivity contribution in [1.82, 2.24) is 20.4 Å². The van der Waals surface area contributed by atoms with Crippen molar-refractivity contribution in [3.05, 3.63) is 0 Å². The van der Waals surface area contributed by atoms with Crippen LogP contribution in [-0.2, 0) is 19.1 Å². The molecule has 0 aromatic rings. The van der Waals surface area contributed by atoms with E-state index in [-0.39, 0.29) is 47.1 Å². The second-order valence-corrected chi connectivity index (χ2v) is 16.1. The highest BCUT2D eigenvalue weighted by atomic mass is 16.6. The van der Waals surface area contributed by atoms with E-state index in [9.17, 15) is 14.7 Å². The molecular formula is C29H52N4O5. The summed E-state index contributed by atoms with van der Waals surface area (Å²) < 4.78 is 13.1. The standard InChI is InChI=1S/C29H52N4O5/c1-22(2)15-28(16-23(3,4)30-22)20(35)32(26(9,10)37-28)13-19(34)14-33-21(36)29(38-27(33,11)12)17-24(5,6)31-25(7,8)18-29/h19,30-31,34H,13-18H2,1-12H3. The second kappa shape index (κ2) is 8.38. The van der Waals surface area contributed by atoms with Gasteiger partial charge in [-0.3, -0.25) is 9.59 Å². The summed E-state index contributed by atoms with van der Waals surface area (Å²) in [6, 6.07) is 0. The van der Waals surface area contributed by atoms with Gasteiger partial charge in [-0.1, -0.05) is 0 Å². The molecule has 2 amide bonds. The van der Waals surface area contributed by atoms with Gasteiger partial charge in [0.15, 0.2) is 11.2 Å². The number of β-amino-alcohol motifs (C(OH)–C–C–N with tert-alkyl or cyclic N) is 1. The third-order valence-electron chi connectivity index (χ3n) is 8.51. The Morgan fingerprint density at radius 1 is 0.632 bits per heavy atom. The SMILES string of the molecule is CC1(C)CC2(CC(C)(C)N1)OC(C)(C)N(CC(O)CN1C(=O)C3(CC(C)(C)NC(C)(C)C3)OC1(C)C)C2=O. The van der Waals surface area contributed by atoms with Crippen molar-refractivity contribution in [2.24, 2.45) is 0 Å². The van der Waals surface area contributed by atoms with Crippen LogP contribution in [0.1, 0.15) is 109 Å². The molecule has 4 heterocycles. The van der Waals surface area contributed by atoms with Crippen LogP contribution in [0.2, 0.25) is 0 Å². The highest BCUT2D eigenvalue weighted by Gasteiger charge is 2.64. The molecular weight excluding hydrogens is 484 g/mol. The van der Waals surface area contributed by atoms with E-state index in [1.807, 2.05) is 27.7 Å². The summed E-state index contributed by atoms with van der Waals surface area (Å²) in [7, 11) is 0. The van der Waals surface area contributed by atoms with E-state index in [0.29, 0.717) is 25.7 Å². The third kappa shape index (κ3) is 5.26. The van der Waals surface area contributed by atoms with E-state index in [1.54, 1.807) is 9.80 Å². The number of amides is 2. The molecule has 0 bridgehead atoms. The number of rotatable bonds is 4. The molecule has 4 fully saturated rings. The van der Waals surface area contributed by atoms with E-state index in [0.717, 1.165) is 0 Å². The van der Waals surface area contributed by atoms with Gasteiger partial charge in [-0.25, -0.2) is 0 Å². The first-order valence-corrected chi connectivity index (χ1v) is 14.2. The fourth-order valence-electron chi connectivity index (χ4n) is 8.66. The predicted molar refractivity (Wildman–Crippen MR) is 146 cm³/mol. The van der Waals surface area contributed by atoms with Gasteiger partial charge in [-0.15, -0.1) is 0 Å². The monoisotopic (exact) mass is 536 g/mol. The summed E-state index contributed by atoms with van der Waals surface area (Å²) in [6.07, 6.45) is 1.24. The van der Waals surface area contributed by atoms with E-state index in [1.165, 1.54) is 0 Å². The number of hydrogen-bond acceptors (Lipinski definition) is 7. The molecule has 4 saturated heterocycles. The molecule has 9 heteroatoms. The number of nitrogens with one attached hydrogen (secondary N) is 2. The van der Waals surface area contributed by atoms with Crippen molar-refractivity contribution >= 4 is 11.8 Å². The second-order valence-electron chi connectivity index (χ2n) is 16.1. The summed E-state index contributed by atoms with van der Waals surface area (Å²) in [5.41, 5.74) is -4.80. The Morgan fingerprint density at radius 3 is 1.16 bits per heavy atom. The van der Waals surface area contributed by atoms with Gasteiger partial charge in [0.25, 0.3) is 11.8 Å². The minimum Gasteiger partial charge on any atom is -0.389 e. The van der Waals surface area contributed by atoms with Crippen molar-refractivity contribution < 1.29 is 24.2 Å². The number of hydrogen-bond donors (Lipinski definition) is 3. The van der Waals surface area contributed by atoms with Gasteiger partial charge in [-0.05, 0) is 83.1 Å². The lowest BCUT2D eigenvalue weighted by atomic mass is 9.72. The number of ether oxygens (including phenoxy) is 2. The first-order chi connectivity index (χ1) is 16.8. The number of aliphatic hydroxyl groups excluding tert-OH is 1. The van der Waals surface area contributed by atoms with Crippen LogP contribution in [0.4, 0.5) is 0 Å². The van der Waals surface area contributed by atoms with Crippen LogP contribution in [-0.4, -0.2) is 90.7 Å². The van der Waals surface area contributed by atoms with Gasteiger partial charge in [0, 0.05) is 47.8 Å². The molecule has 0 radical (unpaired) electrons. The van der Waals surface area contributed by atoms with E-state index in [4.69, 9.17) is 9.47 Å². The molecule has 4 aliphatic heterocycles. The van der Waals surface area contributed by atoms with E-state index < -0.39 is 28.8 Å². The van der Waals surface area contributed by atoms with Gasteiger partial charge >= 0.3 is 0 Å².